The van der Waals surface area contributed by atoms with Crippen LogP contribution >= 0.6 is 11.3 Å². The van der Waals surface area contributed by atoms with Gasteiger partial charge in [0, 0.05) is 17.1 Å². The van der Waals surface area contributed by atoms with Crippen LogP contribution in [0.2, 0.25) is 0 Å². The SMILES string of the molecule is COc1nc(CC(C)C)cnc1-c1csc(C=O)c1. The number of rotatable bonds is 5. The van der Waals surface area contributed by atoms with Gasteiger partial charge in [-0.3, -0.25) is 4.79 Å². The Kier molecular flexibility index (Phi) is 4.27. The summed E-state index contributed by atoms with van der Waals surface area (Å²) in [5.41, 5.74) is 2.47. The van der Waals surface area contributed by atoms with Crippen molar-refractivity contribution < 1.29 is 9.53 Å². The van der Waals surface area contributed by atoms with E-state index in [0.717, 1.165) is 24.0 Å². The van der Waals surface area contributed by atoms with Crippen LogP contribution in [0.25, 0.3) is 11.3 Å². The fourth-order valence-electron chi connectivity index (χ4n) is 1.80. The van der Waals surface area contributed by atoms with Gasteiger partial charge in [0.15, 0.2) is 6.29 Å². The molecule has 2 aromatic rings. The van der Waals surface area contributed by atoms with Crippen LogP contribution in [0.1, 0.15) is 29.2 Å². The van der Waals surface area contributed by atoms with Gasteiger partial charge in [-0.15, -0.1) is 11.3 Å². The fourth-order valence-corrected chi connectivity index (χ4v) is 2.50. The fraction of sp³-hybridized carbons (Fsp3) is 0.357. The van der Waals surface area contributed by atoms with Crippen LogP contribution < -0.4 is 4.74 Å². The quantitative estimate of drug-likeness (QED) is 0.787. The lowest BCUT2D eigenvalue weighted by molar-refractivity contribution is 0.112. The topological polar surface area (TPSA) is 52.1 Å². The summed E-state index contributed by atoms with van der Waals surface area (Å²) in [5, 5.41) is 1.89. The molecule has 2 rings (SSSR count). The number of aldehydes is 1. The van der Waals surface area contributed by atoms with Crippen molar-refractivity contribution in [2.45, 2.75) is 20.3 Å². The highest BCUT2D eigenvalue weighted by molar-refractivity contribution is 7.12. The van der Waals surface area contributed by atoms with Gasteiger partial charge in [0.1, 0.15) is 5.69 Å². The maximum Gasteiger partial charge on any atom is 0.240 e. The molecule has 0 saturated carbocycles. The Hall–Kier alpha value is -1.75. The van der Waals surface area contributed by atoms with Crippen molar-refractivity contribution in [1.82, 2.24) is 9.97 Å². The predicted molar refractivity (Wildman–Crippen MR) is 75.8 cm³/mol. The van der Waals surface area contributed by atoms with E-state index >= 15 is 0 Å². The number of carbonyl (C=O) groups excluding carboxylic acids is 1. The van der Waals surface area contributed by atoms with Crippen molar-refractivity contribution in [3.63, 3.8) is 0 Å². The molecule has 0 aliphatic carbocycles. The number of ether oxygens (including phenoxy) is 1. The summed E-state index contributed by atoms with van der Waals surface area (Å²) >= 11 is 1.39. The number of nitrogens with zero attached hydrogens (tertiary/aromatic N) is 2. The Morgan fingerprint density at radius 2 is 2.26 bits per heavy atom. The first-order valence-corrected chi connectivity index (χ1v) is 6.96. The third-order valence-corrected chi connectivity index (χ3v) is 3.47. The van der Waals surface area contributed by atoms with Gasteiger partial charge in [0.25, 0.3) is 0 Å². The summed E-state index contributed by atoms with van der Waals surface area (Å²) in [5.74, 6) is 1.03. The number of hydrogen-bond acceptors (Lipinski definition) is 5. The minimum Gasteiger partial charge on any atom is -0.479 e. The molecule has 0 bridgehead atoms. The molecule has 0 aromatic carbocycles. The summed E-state index contributed by atoms with van der Waals surface area (Å²) < 4.78 is 5.31. The Balaban J connectivity index is 2.37. The monoisotopic (exact) mass is 276 g/mol. The highest BCUT2D eigenvalue weighted by atomic mass is 32.1. The van der Waals surface area contributed by atoms with Gasteiger partial charge in [-0.1, -0.05) is 13.8 Å². The van der Waals surface area contributed by atoms with Crippen molar-refractivity contribution in [3.05, 3.63) is 28.2 Å². The minimum absolute atomic E-state index is 0.508. The highest BCUT2D eigenvalue weighted by Gasteiger charge is 2.13. The number of carbonyl (C=O) groups is 1. The Bertz CT molecular complexity index is 579. The van der Waals surface area contributed by atoms with Gasteiger partial charge in [0.2, 0.25) is 5.88 Å². The molecule has 0 fully saturated rings. The van der Waals surface area contributed by atoms with E-state index in [2.05, 4.69) is 23.8 Å². The van der Waals surface area contributed by atoms with E-state index in [9.17, 15) is 4.79 Å². The van der Waals surface area contributed by atoms with Crippen LogP contribution in [0.5, 0.6) is 5.88 Å². The molecule has 0 N–H and O–H groups in total. The van der Waals surface area contributed by atoms with E-state index in [4.69, 9.17) is 4.74 Å². The first kappa shape index (κ1) is 13.7. The Labute approximate surface area is 116 Å². The van der Waals surface area contributed by atoms with Crippen LogP contribution in [-0.4, -0.2) is 23.4 Å². The van der Waals surface area contributed by atoms with E-state index in [1.54, 1.807) is 19.4 Å². The highest BCUT2D eigenvalue weighted by Crippen LogP contribution is 2.29. The minimum atomic E-state index is 0.508. The van der Waals surface area contributed by atoms with Crippen LogP contribution in [0, 0.1) is 5.92 Å². The average molecular weight is 276 g/mol. The van der Waals surface area contributed by atoms with Gasteiger partial charge >= 0.3 is 0 Å². The average Bonchev–Trinajstić information content (AvgIpc) is 2.86. The zero-order valence-electron chi connectivity index (χ0n) is 11.2. The Morgan fingerprint density at radius 1 is 1.47 bits per heavy atom. The van der Waals surface area contributed by atoms with E-state index in [1.807, 2.05) is 5.38 Å². The molecule has 2 aromatic heterocycles. The molecule has 0 unspecified atom stereocenters. The zero-order valence-corrected chi connectivity index (χ0v) is 12.0. The molecular formula is C14H16N2O2S. The normalized spacial score (nSPS) is 10.7. The van der Waals surface area contributed by atoms with Crippen LogP contribution in [-0.2, 0) is 6.42 Å². The maximum absolute atomic E-state index is 10.7. The number of aromatic nitrogens is 2. The molecule has 0 radical (unpaired) electrons. The summed E-state index contributed by atoms with van der Waals surface area (Å²) in [6.07, 6.45) is 3.48. The van der Waals surface area contributed by atoms with Crippen LogP contribution in [0.4, 0.5) is 0 Å². The lowest BCUT2D eigenvalue weighted by Gasteiger charge is -2.09. The Morgan fingerprint density at radius 3 is 2.84 bits per heavy atom. The van der Waals surface area contributed by atoms with E-state index in [0.29, 0.717) is 22.4 Å². The van der Waals surface area contributed by atoms with Gasteiger partial charge in [-0.2, -0.15) is 0 Å². The van der Waals surface area contributed by atoms with Crippen molar-refractivity contribution in [2.24, 2.45) is 5.92 Å². The second kappa shape index (κ2) is 5.93. The molecule has 4 nitrogen and oxygen atoms in total. The van der Waals surface area contributed by atoms with E-state index < -0.39 is 0 Å². The van der Waals surface area contributed by atoms with Gasteiger partial charge in [0.05, 0.1) is 17.7 Å². The van der Waals surface area contributed by atoms with Crippen molar-refractivity contribution in [1.29, 1.82) is 0 Å². The summed E-state index contributed by atoms with van der Waals surface area (Å²) in [6, 6.07) is 1.80. The van der Waals surface area contributed by atoms with Crippen LogP contribution in [0.3, 0.4) is 0 Å². The smallest absolute Gasteiger partial charge is 0.240 e. The molecule has 2 heterocycles. The second-order valence-electron chi connectivity index (χ2n) is 4.67. The predicted octanol–water partition coefficient (Wildman–Crippen LogP) is 3.22. The zero-order chi connectivity index (χ0) is 13.8. The molecular weight excluding hydrogens is 260 g/mol. The third kappa shape index (κ3) is 3.17. The molecule has 0 amide bonds. The van der Waals surface area contributed by atoms with Crippen LogP contribution in [0.15, 0.2) is 17.6 Å². The lowest BCUT2D eigenvalue weighted by Crippen LogP contribution is -2.02. The number of thiophene rings is 1. The van der Waals surface area contributed by atoms with Gasteiger partial charge in [-0.05, 0) is 18.4 Å². The summed E-state index contributed by atoms with van der Waals surface area (Å²) in [7, 11) is 1.58. The summed E-state index contributed by atoms with van der Waals surface area (Å²) in [4.78, 5) is 20.3. The third-order valence-electron chi connectivity index (χ3n) is 2.61. The molecule has 0 aliphatic heterocycles. The maximum atomic E-state index is 10.7. The molecule has 0 aliphatic rings. The van der Waals surface area contributed by atoms with Crippen molar-refractivity contribution in [2.75, 3.05) is 7.11 Å². The first-order chi connectivity index (χ1) is 9.13. The number of hydrogen-bond donors (Lipinski definition) is 0. The molecule has 0 atom stereocenters. The largest absolute Gasteiger partial charge is 0.479 e. The number of methoxy groups -OCH3 is 1. The summed E-state index contributed by atoms with van der Waals surface area (Å²) in [6.45, 7) is 4.27. The molecule has 0 spiro atoms. The molecule has 5 heteroatoms. The molecule has 100 valence electrons. The lowest BCUT2D eigenvalue weighted by atomic mass is 10.1. The molecule has 19 heavy (non-hydrogen) atoms. The van der Waals surface area contributed by atoms with Gasteiger partial charge in [-0.25, -0.2) is 9.97 Å². The van der Waals surface area contributed by atoms with Crippen molar-refractivity contribution in [3.8, 4) is 17.1 Å². The van der Waals surface area contributed by atoms with Gasteiger partial charge < -0.3 is 4.74 Å². The second-order valence-corrected chi connectivity index (χ2v) is 5.62. The standard InChI is InChI=1S/C14H16N2O2S/c1-9(2)4-11-6-15-13(14(16-11)18-3)10-5-12(7-17)19-8-10/h5-9H,4H2,1-3H3. The van der Waals surface area contributed by atoms with Crippen molar-refractivity contribution >= 4 is 17.6 Å². The first-order valence-electron chi connectivity index (χ1n) is 6.08. The molecule has 0 saturated heterocycles. The van der Waals surface area contributed by atoms with E-state index in [1.165, 1.54) is 11.3 Å². The van der Waals surface area contributed by atoms with E-state index in [-0.39, 0.29) is 0 Å².